The van der Waals surface area contributed by atoms with Crippen molar-refractivity contribution in [3.05, 3.63) is 30.3 Å². The van der Waals surface area contributed by atoms with Gasteiger partial charge < -0.3 is 9.64 Å². The van der Waals surface area contributed by atoms with Crippen LogP contribution in [0.5, 0.6) is 5.75 Å². The van der Waals surface area contributed by atoms with Gasteiger partial charge in [-0.05, 0) is 12.1 Å². The minimum absolute atomic E-state index is 0.229. The monoisotopic (exact) mass is 266 g/mol. The van der Waals surface area contributed by atoms with Crippen LogP contribution in [0.2, 0.25) is 0 Å². The molecule has 0 heterocycles. The van der Waals surface area contributed by atoms with Crippen LogP contribution in [0.4, 0.5) is 0 Å². The Morgan fingerprint density at radius 1 is 1.21 bits per heavy atom. The molecule has 1 unspecified atom stereocenters. The zero-order valence-corrected chi connectivity index (χ0v) is 11.2. The third kappa shape index (κ3) is 7.05. The van der Waals surface area contributed by atoms with Crippen molar-refractivity contribution in [3.63, 3.8) is 0 Å². The Kier molecular flexibility index (Phi) is 6.38. The first-order valence-electron chi connectivity index (χ1n) is 6.12. The number of hydrogen-bond acceptors (Lipinski definition) is 3. The van der Waals surface area contributed by atoms with Gasteiger partial charge in [0, 0.05) is 6.92 Å². The first-order valence-corrected chi connectivity index (χ1v) is 6.12. The summed E-state index contributed by atoms with van der Waals surface area (Å²) in [7, 11) is 1.89. The number of carbonyl (C=O) groups is 2. The lowest BCUT2D eigenvalue weighted by atomic mass is 10.3. The summed E-state index contributed by atoms with van der Waals surface area (Å²) in [5, 5.41) is 0. The maximum Gasteiger partial charge on any atom is 0.293 e. The number of carbonyl (C=O) groups excluding carboxylic acids is 2. The van der Waals surface area contributed by atoms with E-state index in [-0.39, 0.29) is 18.4 Å². The zero-order valence-electron chi connectivity index (χ0n) is 11.2. The fraction of sp³-hybridized carbons (Fsp3) is 0.385. The maximum atomic E-state index is 11.4. The van der Waals surface area contributed by atoms with Crippen LogP contribution < -0.4 is 20.5 Å². The third-order valence-electron chi connectivity index (χ3n) is 2.38. The maximum absolute atomic E-state index is 11.4. The van der Waals surface area contributed by atoms with Crippen LogP contribution in [0.25, 0.3) is 0 Å². The van der Waals surface area contributed by atoms with Crippen molar-refractivity contribution in [2.24, 2.45) is 0 Å². The van der Waals surface area contributed by atoms with Gasteiger partial charge in [0.15, 0.2) is 6.54 Å². The first-order chi connectivity index (χ1) is 9.08. The Hall–Kier alpha value is -2.08. The van der Waals surface area contributed by atoms with Gasteiger partial charge in [0.05, 0.1) is 7.05 Å². The molecule has 0 bridgehead atoms. The molecule has 0 aliphatic rings. The molecule has 6 nitrogen and oxygen atoms in total. The fourth-order valence-corrected chi connectivity index (χ4v) is 1.42. The molecule has 1 atom stereocenters. The Bertz CT molecular complexity index is 409. The van der Waals surface area contributed by atoms with Gasteiger partial charge in [0.25, 0.3) is 5.91 Å². The lowest BCUT2D eigenvalue weighted by Gasteiger charge is -2.14. The van der Waals surface area contributed by atoms with Crippen LogP contribution in [-0.2, 0) is 9.59 Å². The molecule has 104 valence electrons. The SMILES string of the molecule is CC(=O)NNC(=O)C[NH+](C)CCOc1ccccc1. The van der Waals surface area contributed by atoms with E-state index in [1.165, 1.54) is 6.92 Å². The van der Waals surface area contributed by atoms with Gasteiger partial charge in [-0.15, -0.1) is 0 Å². The van der Waals surface area contributed by atoms with Crippen LogP contribution >= 0.6 is 0 Å². The number of likely N-dealkylation sites (N-methyl/N-ethyl adjacent to an activating group) is 1. The molecule has 1 aromatic rings. The van der Waals surface area contributed by atoms with Crippen molar-refractivity contribution in [2.45, 2.75) is 6.92 Å². The molecule has 0 saturated heterocycles. The second-order valence-electron chi connectivity index (χ2n) is 4.27. The van der Waals surface area contributed by atoms with Crippen LogP contribution in [0.1, 0.15) is 6.92 Å². The average Bonchev–Trinajstić information content (AvgIpc) is 2.37. The van der Waals surface area contributed by atoms with Crippen molar-refractivity contribution in [2.75, 3.05) is 26.7 Å². The van der Waals surface area contributed by atoms with E-state index < -0.39 is 0 Å². The highest BCUT2D eigenvalue weighted by Crippen LogP contribution is 2.06. The molecule has 1 aromatic carbocycles. The van der Waals surface area contributed by atoms with Crippen molar-refractivity contribution in [3.8, 4) is 5.75 Å². The van der Waals surface area contributed by atoms with E-state index in [2.05, 4.69) is 10.9 Å². The van der Waals surface area contributed by atoms with E-state index in [9.17, 15) is 9.59 Å². The Morgan fingerprint density at radius 2 is 1.89 bits per heavy atom. The van der Waals surface area contributed by atoms with E-state index in [1.807, 2.05) is 37.4 Å². The van der Waals surface area contributed by atoms with Gasteiger partial charge in [-0.1, -0.05) is 18.2 Å². The molecule has 1 rings (SSSR count). The highest BCUT2D eigenvalue weighted by atomic mass is 16.5. The van der Waals surface area contributed by atoms with Gasteiger partial charge in [-0.2, -0.15) is 0 Å². The zero-order chi connectivity index (χ0) is 14.1. The lowest BCUT2D eigenvalue weighted by Crippen LogP contribution is -3.11. The van der Waals surface area contributed by atoms with Crippen LogP contribution in [0.3, 0.4) is 0 Å². The van der Waals surface area contributed by atoms with Gasteiger partial charge in [-0.3, -0.25) is 20.4 Å². The van der Waals surface area contributed by atoms with E-state index >= 15 is 0 Å². The molecule has 2 amide bonds. The largest absolute Gasteiger partial charge is 0.488 e. The van der Waals surface area contributed by atoms with Crippen molar-refractivity contribution < 1.29 is 19.2 Å². The molecule has 6 heteroatoms. The molecule has 0 spiro atoms. The first kappa shape index (κ1) is 15.0. The van der Waals surface area contributed by atoms with Crippen molar-refractivity contribution >= 4 is 11.8 Å². The molecule has 0 saturated carbocycles. The summed E-state index contributed by atoms with van der Waals surface area (Å²) in [5.74, 6) is 0.295. The number of hydrazine groups is 1. The van der Waals surface area contributed by atoms with Crippen LogP contribution in [-0.4, -0.2) is 38.6 Å². The van der Waals surface area contributed by atoms with Gasteiger partial charge in [-0.25, -0.2) is 0 Å². The summed E-state index contributed by atoms with van der Waals surface area (Å²) in [5.41, 5.74) is 4.57. The number of benzene rings is 1. The Balaban J connectivity index is 2.15. The highest BCUT2D eigenvalue weighted by Gasteiger charge is 2.09. The number of rotatable bonds is 6. The van der Waals surface area contributed by atoms with E-state index in [0.717, 1.165) is 10.6 Å². The predicted octanol–water partition coefficient (Wildman–Crippen LogP) is -1.25. The number of nitrogens with one attached hydrogen (secondary N) is 3. The third-order valence-corrected chi connectivity index (χ3v) is 2.38. The summed E-state index contributed by atoms with van der Waals surface area (Å²) in [6, 6.07) is 9.52. The van der Waals surface area contributed by atoms with E-state index in [4.69, 9.17) is 4.74 Å². The number of amides is 2. The summed E-state index contributed by atoms with van der Waals surface area (Å²) in [6.45, 7) is 2.84. The van der Waals surface area contributed by atoms with Crippen molar-refractivity contribution in [1.82, 2.24) is 10.9 Å². The summed E-state index contributed by atoms with van der Waals surface area (Å²) >= 11 is 0. The standard InChI is InChI=1S/C13H19N3O3/c1-11(17)14-15-13(18)10-16(2)8-9-19-12-6-4-3-5-7-12/h3-7H,8-10H2,1-2H3,(H,14,17)(H,15,18)/p+1. The minimum atomic E-state index is -0.293. The lowest BCUT2D eigenvalue weighted by molar-refractivity contribution is -0.871. The van der Waals surface area contributed by atoms with Gasteiger partial charge in [0.2, 0.25) is 5.91 Å². The minimum Gasteiger partial charge on any atom is -0.488 e. The second-order valence-corrected chi connectivity index (χ2v) is 4.27. The molecular weight excluding hydrogens is 246 g/mol. The number of hydrogen-bond donors (Lipinski definition) is 3. The second kappa shape index (κ2) is 8.10. The highest BCUT2D eigenvalue weighted by molar-refractivity contribution is 5.81. The molecule has 19 heavy (non-hydrogen) atoms. The van der Waals surface area contributed by atoms with Crippen LogP contribution in [0, 0.1) is 0 Å². The molecule has 0 radical (unpaired) electrons. The molecule has 3 N–H and O–H groups in total. The summed E-state index contributed by atoms with van der Waals surface area (Å²) in [4.78, 5) is 23.0. The number of para-hydroxylation sites is 1. The topological polar surface area (TPSA) is 71.9 Å². The molecule has 0 aromatic heterocycles. The smallest absolute Gasteiger partial charge is 0.293 e. The van der Waals surface area contributed by atoms with Crippen molar-refractivity contribution in [1.29, 1.82) is 0 Å². The number of quaternary nitrogens is 1. The molecule has 0 aliphatic carbocycles. The molecular formula is C13H20N3O3+. The average molecular weight is 266 g/mol. The van der Waals surface area contributed by atoms with Gasteiger partial charge >= 0.3 is 0 Å². The Labute approximate surface area is 112 Å². The number of ether oxygens (including phenoxy) is 1. The summed E-state index contributed by atoms with van der Waals surface area (Å²) < 4.78 is 5.53. The molecule has 0 fully saturated rings. The fourth-order valence-electron chi connectivity index (χ4n) is 1.42. The van der Waals surface area contributed by atoms with E-state index in [0.29, 0.717) is 13.2 Å². The van der Waals surface area contributed by atoms with E-state index in [1.54, 1.807) is 0 Å². The predicted molar refractivity (Wildman–Crippen MR) is 70.5 cm³/mol. The van der Waals surface area contributed by atoms with Gasteiger partial charge in [0.1, 0.15) is 18.9 Å². The van der Waals surface area contributed by atoms with Crippen LogP contribution in [0.15, 0.2) is 30.3 Å². The quantitative estimate of drug-likeness (QED) is 0.563. The normalized spacial score (nSPS) is 11.5. The summed E-state index contributed by atoms with van der Waals surface area (Å²) in [6.07, 6.45) is 0. The molecule has 0 aliphatic heterocycles. The Morgan fingerprint density at radius 3 is 2.53 bits per heavy atom.